The van der Waals surface area contributed by atoms with Crippen molar-refractivity contribution in [3.8, 4) is 0 Å². The number of unbranched alkanes of at least 4 members (excludes halogenated alkanes) is 9. The summed E-state index contributed by atoms with van der Waals surface area (Å²) in [6, 6.07) is 0. The van der Waals surface area contributed by atoms with Gasteiger partial charge in [0.05, 0.1) is 0 Å². The van der Waals surface area contributed by atoms with E-state index in [0.717, 1.165) is 19.3 Å². The molecule has 0 aromatic carbocycles. The number of nitrogens with two attached hydrogens (primary N) is 1. The summed E-state index contributed by atoms with van der Waals surface area (Å²) in [4.78, 5) is 10.9. The lowest BCUT2D eigenvalue weighted by molar-refractivity contribution is -0.117. The minimum atomic E-state index is -4.35. The summed E-state index contributed by atoms with van der Waals surface area (Å²) in [5.41, 5.74) is 4.97. The Hall–Kier alpha value is -0.620. The molecule has 0 aliphatic heterocycles. The highest BCUT2D eigenvalue weighted by atomic mass is 32.2. The Labute approximate surface area is 123 Å². The van der Waals surface area contributed by atoms with E-state index in [1.54, 1.807) is 0 Å². The second-order valence-electron chi connectivity index (χ2n) is 5.38. The zero-order chi connectivity index (χ0) is 15.4. The van der Waals surface area contributed by atoms with Gasteiger partial charge in [-0.2, -0.15) is 8.42 Å². The number of hydrogen-bond acceptors (Lipinski definition) is 3. The van der Waals surface area contributed by atoms with Gasteiger partial charge < -0.3 is 5.73 Å². The highest BCUT2D eigenvalue weighted by Crippen LogP contribution is 2.14. The van der Waals surface area contributed by atoms with Crippen molar-refractivity contribution in [1.29, 1.82) is 0 Å². The van der Waals surface area contributed by atoms with E-state index < -0.39 is 21.3 Å². The van der Waals surface area contributed by atoms with Gasteiger partial charge in [0.1, 0.15) is 0 Å². The first-order valence-corrected chi connectivity index (χ1v) is 9.15. The molecule has 5 nitrogen and oxygen atoms in total. The van der Waals surface area contributed by atoms with Crippen LogP contribution in [0, 0.1) is 0 Å². The maximum Gasteiger partial charge on any atom is 0.276 e. The van der Waals surface area contributed by atoms with Crippen LogP contribution in [0.25, 0.3) is 0 Å². The molecule has 3 N–H and O–H groups in total. The van der Waals surface area contributed by atoms with E-state index in [4.69, 9.17) is 10.3 Å². The molecule has 6 heteroatoms. The summed E-state index contributed by atoms with van der Waals surface area (Å²) in [5.74, 6) is -0.969. The molecule has 0 saturated carbocycles. The maximum absolute atomic E-state index is 10.9. The Morgan fingerprint density at radius 1 is 0.950 bits per heavy atom. The molecule has 1 unspecified atom stereocenters. The van der Waals surface area contributed by atoms with Crippen LogP contribution in [0.1, 0.15) is 77.6 Å². The molecule has 20 heavy (non-hydrogen) atoms. The Morgan fingerprint density at radius 2 is 1.35 bits per heavy atom. The molecule has 1 amide bonds. The van der Waals surface area contributed by atoms with E-state index in [9.17, 15) is 13.2 Å². The minimum Gasteiger partial charge on any atom is -0.368 e. The van der Waals surface area contributed by atoms with Gasteiger partial charge in [0.25, 0.3) is 10.1 Å². The van der Waals surface area contributed by atoms with Crippen LogP contribution in [-0.2, 0) is 14.9 Å². The maximum atomic E-state index is 10.9. The fraction of sp³-hybridized carbons (Fsp3) is 0.929. The highest BCUT2D eigenvalue weighted by molar-refractivity contribution is 7.87. The van der Waals surface area contributed by atoms with Gasteiger partial charge in [0.2, 0.25) is 5.91 Å². The Balaban J connectivity index is 3.54. The molecule has 0 bridgehead atoms. The van der Waals surface area contributed by atoms with Crippen molar-refractivity contribution in [2.75, 3.05) is 0 Å². The molecule has 0 aliphatic rings. The lowest BCUT2D eigenvalue weighted by Gasteiger charge is -2.09. The van der Waals surface area contributed by atoms with Gasteiger partial charge in [-0.25, -0.2) is 0 Å². The van der Waals surface area contributed by atoms with Gasteiger partial charge >= 0.3 is 0 Å². The summed E-state index contributed by atoms with van der Waals surface area (Å²) < 4.78 is 30.7. The second kappa shape index (κ2) is 11.1. The van der Waals surface area contributed by atoms with Gasteiger partial charge in [-0.15, -0.1) is 0 Å². The number of carbonyl (C=O) groups is 1. The van der Waals surface area contributed by atoms with Crippen LogP contribution >= 0.6 is 0 Å². The largest absolute Gasteiger partial charge is 0.368 e. The third kappa shape index (κ3) is 10.2. The van der Waals surface area contributed by atoms with Gasteiger partial charge in [-0.05, 0) is 6.42 Å². The van der Waals surface area contributed by atoms with Crippen LogP contribution in [0.2, 0.25) is 0 Å². The van der Waals surface area contributed by atoms with E-state index in [-0.39, 0.29) is 6.42 Å². The molecular weight excluding hydrogens is 278 g/mol. The first-order chi connectivity index (χ1) is 9.39. The SMILES string of the molecule is CCCCCCCCCCCCC(C(N)=O)S(=O)(=O)O. The fourth-order valence-corrected chi connectivity index (χ4v) is 3.01. The van der Waals surface area contributed by atoms with Crippen LogP contribution in [0.4, 0.5) is 0 Å². The standard InChI is InChI=1S/C14H29NO4S/c1-2-3-4-5-6-7-8-9-10-11-12-13(14(15)16)20(17,18)19/h13H,2-12H2,1H3,(H2,15,16)(H,17,18,19). The Morgan fingerprint density at radius 3 is 1.70 bits per heavy atom. The number of primary amides is 1. The first kappa shape index (κ1) is 19.4. The van der Waals surface area contributed by atoms with Gasteiger partial charge in [-0.3, -0.25) is 9.35 Å². The van der Waals surface area contributed by atoms with Crippen molar-refractivity contribution in [3.63, 3.8) is 0 Å². The highest BCUT2D eigenvalue weighted by Gasteiger charge is 2.27. The van der Waals surface area contributed by atoms with Gasteiger partial charge in [0.15, 0.2) is 5.25 Å². The van der Waals surface area contributed by atoms with Gasteiger partial charge in [0, 0.05) is 0 Å². The van der Waals surface area contributed by atoms with E-state index in [1.165, 1.54) is 38.5 Å². The molecule has 0 heterocycles. The lowest BCUT2D eigenvalue weighted by Crippen LogP contribution is -2.35. The molecule has 0 saturated heterocycles. The summed E-state index contributed by atoms with van der Waals surface area (Å²) in [6.07, 6.45) is 11.4. The van der Waals surface area contributed by atoms with E-state index in [0.29, 0.717) is 6.42 Å². The average molecular weight is 307 g/mol. The average Bonchev–Trinajstić information content (AvgIpc) is 2.34. The van der Waals surface area contributed by atoms with Crippen LogP contribution < -0.4 is 5.73 Å². The van der Waals surface area contributed by atoms with E-state index >= 15 is 0 Å². The quantitative estimate of drug-likeness (QED) is 0.403. The molecule has 0 radical (unpaired) electrons. The minimum absolute atomic E-state index is 0.116. The fourth-order valence-electron chi connectivity index (χ4n) is 2.26. The molecule has 0 aliphatic carbocycles. The normalized spacial score (nSPS) is 13.3. The van der Waals surface area contributed by atoms with E-state index in [2.05, 4.69) is 6.92 Å². The molecular formula is C14H29NO4S. The molecule has 1 atom stereocenters. The number of hydrogen-bond donors (Lipinski definition) is 2. The predicted molar refractivity (Wildman–Crippen MR) is 81.0 cm³/mol. The van der Waals surface area contributed by atoms with Crippen molar-refractivity contribution < 1.29 is 17.8 Å². The molecule has 0 aromatic heterocycles. The lowest BCUT2D eigenvalue weighted by atomic mass is 10.1. The molecule has 0 spiro atoms. The predicted octanol–water partition coefficient (Wildman–Crippen LogP) is 3.04. The number of rotatable bonds is 13. The Kier molecular flexibility index (Phi) is 10.7. The molecule has 0 rings (SSSR count). The van der Waals surface area contributed by atoms with Crippen molar-refractivity contribution in [1.82, 2.24) is 0 Å². The summed E-state index contributed by atoms with van der Waals surface area (Å²) in [5, 5.41) is -1.45. The molecule has 0 fully saturated rings. The van der Waals surface area contributed by atoms with Crippen molar-refractivity contribution in [3.05, 3.63) is 0 Å². The molecule has 0 aromatic rings. The second-order valence-corrected chi connectivity index (χ2v) is 6.98. The van der Waals surface area contributed by atoms with Crippen LogP contribution in [0.3, 0.4) is 0 Å². The summed E-state index contributed by atoms with van der Waals surface area (Å²) in [7, 11) is -4.35. The first-order valence-electron chi connectivity index (χ1n) is 7.65. The third-order valence-electron chi connectivity index (χ3n) is 3.50. The number of amides is 1. The molecule has 120 valence electrons. The monoisotopic (exact) mass is 307 g/mol. The van der Waals surface area contributed by atoms with E-state index in [1.807, 2.05) is 0 Å². The Bertz CT molecular complexity index is 354. The zero-order valence-electron chi connectivity index (χ0n) is 12.5. The van der Waals surface area contributed by atoms with Gasteiger partial charge in [-0.1, -0.05) is 71.1 Å². The van der Waals surface area contributed by atoms with Crippen LogP contribution in [0.15, 0.2) is 0 Å². The van der Waals surface area contributed by atoms with Crippen molar-refractivity contribution >= 4 is 16.0 Å². The summed E-state index contributed by atoms with van der Waals surface area (Å²) >= 11 is 0. The summed E-state index contributed by atoms with van der Waals surface area (Å²) in [6.45, 7) is 2.20. The van der Waals surface area contributed by atoms with Crippen LogP contribution in [0.5, 0.6) is 0 Å². The smallest absolute Gasteiger partial charge is 0.276 e. The van der Waals surface area contributed by atoms with Crippen molar-refractivity contribution in [2.45, 2.75) is 82.8 Å². The zero-order valence-corrected chi connectivity index (χ0v) is 13.3. The van der Waals surface area contributed by atoms with Crippen molar-refractivity contribution in [2.24, 2.45) is 5.73 Å². The van der Waals surface area contributed by atoms with Crippen LogP contribution in [-0.4, -0.2) is 24.1 Å². The number of carbonyl (C=O) groups excluding carboxylic acids is 1. The third-order valence-corrected chi connectivity index (χ3v) is 4.68. The topological polar surface area (TPSA) is 97.5 Å².